The van der Waals surface area contributed by atoms with Crippen molar-refractivity contribution < 1.29 is 4.92 Å². The molecule has 0 bridgehead atoms. The standard InChI is InChI=1S/C21H24N4O2/c1-14-11-15(2)24-19(12-14)23-20(16-7-6-10-18(13-16)25(26)27)21(24)22-17-8-4-3-5-9-17/h6-7,10-13,17,22H,3-5,8-9H2,1-2H3. The molecule has 0 unspecified atom stereocenters. The minimum atomic E-state index is -0.358. The zero-order valence-electron chi connectivity index (χ0n) is 15.7. The van der Waals surface area contributed by atoms with Crippen molar-refractivity contribution in [2.45, 2.75) is 52.0 Å². The summed E-state index contributed by atoms with van der Waals surface area (Å²) in [6, 6.07) is 11.3. The van der Waals surface area contributed by atoms with Crippen LogP contribution in [0.3, 0.4) is 0 Å². The fourth-order valence-electron chi connectivity index (χ4n) is 4.07. The Labute approximate surface area is 158 Å². The maximum absolute atomic E-state index is 11.2. The molecule has 2 heterocycles. The van der Waals surface area contributed by atoms with Gasteiger partial charge in [0.05, 0.1) is 4.92 Å². The Morgan fingerprint density at radius 1 is 1.15 bits per heavy atom. The van der Waals surface area contributed by atoms with Crippen molar-refractivity contribution in [3.63, 3.8) is 0 Å². The quantitative estimate of drug-likeness (QED) is 0.505. The number of fused-ring (bicyclic) bond motifs is 1. The minimum absolute atomic E-state index is 0.0843. The number of non-ortho nitro benzene ring substituents is 1. The highest BCUT2D eigenvalue weighted by Crippen LogP contribution is 2.34. The SMILES string of the molecule is Cc1cc(C)n2c(NC3CCCCC3)c(-c3cccc([N+](=O)[O-])c3)nc2c1. The second-order valence-corrected chi connectivity index (χ2v) is 7.46. The summed E-state index contributed by atoms with van der Waals surface area (Å²) in [6.07, 6.45) is 6.05. The smallest absolute Gasteiger partial charge is 0.270 e. The summed E-state index contributed by atoms with van der Waals surface area (Å²) in [5.41, 5.74) is 4.75. The van der Waals surface area contributed by atoms with Crippen molar-refractivity contribution >= 4 is 17.2 Å². The lowest BCUT2D eigenvalue weighted by Crippen LogP contribution is -2.23. The normalized spacial score (nSPS) is 15.2. The summed E-state index contributed by atoms with van der Waals surface area (Å²) in [4.78, 5) is 15.7. The minimum Gasteiger partial charge on any atom is -0.367 e. The third-order valence-electron chi connectivity index (χ3n) is 5.33. The van der Waals surface area contributed by atoms with Crippen LogP contribution >= 0.6 is 0 Å². The van der Waals surface area contributed by atoms with E-state index in [1.807, 2.05) is 6.07 Å². The lowest BCUT2D eigenvalue weighted by atomic mass is 9.95. The number of aryl methyl sites for hydroxylation is 2. The zero-order chi connectivity index (χ0) is 19.0. The van der Waals surface area contributed by atoms with Crippen LogP contribution in [0.5, 0.6) is 0 Å². The fraction of sp³-hybridized carbons (Fsp3) is 0.381. The second-order valence-electron chi connectivity index (χ2n) is 7.46. The van der Waals surface area contributed by atoms with Crippen LogP contribution in [0, 0.1) is 24.0 Å². The third kappa shape index (κ3) is 3.39. The lowest BCUT2D eigenvalue weighted by Gasteiger charge is -2.24. The number of aromatic nitrogens is 2. The van der Waals surface area contributed by atoms with Crippen LogP contribution in [0.15, 0.2) is 36.4 Å². The molecule has 6 nitrogen and oxygen atoms in total. The predicted octanol–water partition coefficient (Wildman–Crippen LogP) is 5.27. The van der Waals surface area contributed by atoms with E-state index in [0.29, 0.717) is 6.04 Å². The molecule has 1 N–H and O–H groups in total. The van der Waals surface area contributed by atoms with Crippen molar-refractivity contribution in [1.82, 2.24) is 9.38 Å². The van der Waals surface area contributed by atoms with Gasteiger partial charge in [0.1, 0.15) is 17.2 Å². The van der Waals surface area contributed by atoms with Crippen molar-refractivity contribution in [3.05, 3.63) is 57.8 Å². The molecule has 0 spiro atoms. The number of nitrogens with one attached hydrogen (secondary N) is 1. The molecule has 0 atom stereocenters. The van der Waals surface area contributed by atoms with Crippen LogP contribution in [0.25, 0.3) is 16.9 Å². The van der Waals surface area contributed by atoms with E-state index < -0.39 is 0 Å². The lowest BCUT2D eigenvalue weighted by molar-refractivity contribution is -0.384. The molecule has 0 radical (unpaired) electrons. The Kier molecular flexibility index (Phi) is 4.56. The van der Waals surface area contributed by atoms with E-state index in [2.05, 4.69) is 35.7 Å². The average Bonchev–Trinajstić information content (AvgIpc) is 3.01. The second kappa shape index (κ2) is 7.02. The van der Waals surface area contributed by atoms with E-state index in [4.69, 9.17) is 4.98 Å². The number of nitro benzene ring substituents is 1. The number of benzene rings is 1. The Bertz CT molecular complexity index is 1000. The molecular weight excluding hydrogens is 340 g/mol. The molecular formula is C21H24N4O2. The zero-order valence-corrected chi connectivity index (χ0v) is 15.7. The number of pyridine rings is 1. The first kappa shape index (κ1) is 17.5. The van der Waals surface area contributed by atoms with Crippen LogP contribution < -0.4 is 5.32 Å². The van der Waals surface area contributed by atoms with Crippen molar-refractivity contribution in [2.75, 3.05) is 5.32 Å². The summed E-state index contributed by atoms with van der Waals surface area (Å²) in [7, 11) is 0. The molecule has 1 fully saturated rings. The highest BCUT2D eigenvalue weighted by atomic mass is 16.6. The molecule has 4 rings (SSSR count). The van der Waals surface area contributed by atoms with Crippen LogP contribution in [-0.2, 0) is 0 Å². The molecule has 2 aromatic heterocycles. The largest absolute Gasteiger partial charge is 0.367 e. The molecule has 1 aliphatic rings. The Morgan fingerprint density at radius 2 is 1.93 bits per heavy atom. The van der Waals surface area contributed by atoms with Gasteiger partial charge in [0.25, 0.3) is 5.69 Å². The molecule has 1 aromatic carbocycles. The highest BCUT2D eigenvalue weighted by molar-refractivity contribution is 5.78. The van der Waals surface area contributed by atoms with Gasteiger partial charge in [-0.2, -0.15) is 0 Å². The van der Waals surface area contributed by atoms with Crippen molar-refractivity contribution in [2.24, 2.45) is 0 Å². The topological polar surface area (TPSA) is 72.5 Å². The summed E-state index contributed by atoms with van der Waals surface area (Å²) in [6.45, 7) is 4.13. The molecule has 6 heteroatoms. The van der Waals surface area contributed by atoms with E-state index in [9.17, 15) is 10.1 Å². The molecule has 140 valence electrons. The van der Waals surface area contributed by atoms with Crippen LogP contribution in [-0.4, -0.2) is 20.3 Å². The number of nitro groups is 1. The first-order valence-corrected chi connectivity index (χ1v) is 9.54. The van der Waals surface area contributed by atoms with Crippen molar-refractivity contribution in [3.8, 4) is 11.3 Å². The van der Waals surface area contributed by atoms with Crippen LogP contribution in [0.4, 0.5) is 11.5 Å². The van der Waals surface area contributed by atoms with E-state index in [-0.39, 0.29) is 10.6 Å². The van der Waals surface area contributed by atoms with E-state index in [1.54, 1.807) is 12.1 Å². The van der Waals surface area contributed by atoms with Gasteiger partial charge in [0, 0.05) is 29.4 Å². The fourth-order valence-corrected chi connectivity index (χ4v) is 4.07. The Hall–Kier alpha value is -2.89. The van der Waals surface area contributed by atoms with Crippen molar-refractivity contribution in [1.29, 1.82) is 0 Å². The van der Waals surface area contributed by atoms with Gasteiger partial charge < -0.3 is 5.32 Å². The molecule has 1 saturated carbocycles. The number of imidazole rings is 1. The average molecular weight is 364 g/mol. The first-order valence-electron chi connectivity index (χ1n) is 9.54. The highest BCUT2D eigenvalue weighted by Gasteiger charge is 2.21. The number of hydrogen-bond acceptors (Lipinski definition) is 4. The molecule has 1 aliphatic carbocycles. The summed E-state index contributed by atoms with van der Waals surface area (Å²) in [5, 5.41) is 14.9. The molecule has 3 aromatic rings. The number of rotatable bonds is 4. The van der Waals surface area contributed by atoms with Gasteiger partial charge in [0.2, 0.25) is 0 Å². The van der Waals surface area contributed by atoms with Gasteiger partial charge in [-0.3, -0.25) is 14.5 Å². The molecule has 0 saturated heterocycles. The Morgan fingerprint density at radius 3 is 2.67 bits per heavy atom. The van der Waals surface area contributed by atoms with Gasteiger partial charge in [-0.15, -0.1) is 0 Å². The van der Waals surface area contributed by atoms with Crippen LogP contribution in [0.1, 0.15) is 43.4 Å². The van der Waals surface area contributed by atoms with Gasteiger partial charge >= 0.3 is 0 Å². The maximum atomic E-state index is 11.2. The summed E-state index contributed by atoms with van der Waals surface area (Å²) in [5.74, 6) is 0.940. The number of hydrogen-bond donors (Lipinski definition) is 1. The summed E-state index contributed by atoms with van der Waals surface area (Å²) >= 11 is 0. The summed E-state index contributed by atoms with van der Waals surface area (Å²) < 4.78 is 2.13. The monoisotopic (exact) mass is 364 g/mol. The van der Waals surface area contributed by atoms with Gasteiger partial charge in [0.15, 0.2) is 0 Å². The predicted molar refractivity (Wildman–Crippen MR) is 107 cm³/mol. The number of anilines is 1. The Balaban J connectivity index is 1.88. The maximum Gasteiger partial charge on any atom is 0.270 e. The van der Waals surface area contributed by atoms with Crippen LogP contribution in [0.2, 0.25) is 0 Å². The third-order valence-corrected chi connectivity index (χ3v) is 5.33. The number of nitrogens with zero attached hydrogens (tertiary/aromatic N) is 3. The molecule has 27 heavy (non-hydrogen) atoms. The van der Waals surface area contributed by atoms with E-state index in [0.717, 1.165) is 46.8 Å². The van der Waals surface area contributed by atoms with Gasteiger partial charge in [-0.1, -0.05) is 31.4 Å². The van der Waals surface area contributed by atoms with E-state index in [1.165, 1.54) is 25.3 Å². The van der Waals surface area contributed by atoms with Gasteiger partial charge in [-0.05, 0) is 44.4 Å². The molecule has 0 amide bonds. The van der Waals surface area contributed by atoms with E-state index >= 15 is 0 Å². The molecule has 0 aliphatic heterocycles. The van der Waals surface area contributed by atoms with Gasteiger partial charge in [-0.25, -0.2) is 4.98 Å². The first-order chi connectivity index (χ1) is 13.0.